The van der Waals surface area contributed by atoms with Gasteiger partial charge in [0.25, 0.3) is 0 Å². The minimum absolute atomic E-state index is 0.223. The molecule has 6 heteroatoms. The van der Waals surface area contributed by atoms with Crippen LogP contribution >= 0.6 is 11.6 Å². The number of halogens is 1. The summed E-state index contributed by atoms with van der Waals surface area (Å²) in [5.41, 5.74) is 2.75. The van der Waals surface area contributed by atoms with Crippen LogP contribution in [0, 0.1) is 12.8 Å². The van der Waals surface area contributed by atoms with Crippen LogP contribution in [0.1, 0.15) is 38.9 Å². The first-order valence-corrected chi connectivity index (χ1v) is 10.8. The molecule has 0 aliphatic heterocycles. The molecule has 0 amide bonds. The molecule has 0 aliphatic rings. The summed E-state index contributed by atoms with van der Waals surface area (Å²) in [6, 6.07) is 23.0. The smallest absolute Gasteiger partial charge is 0.320 e. The molecule has 0 unspecified atom stereocenters. The number of hydrogen-bond donors (Lipinski definition) is 0. The zero-order valence-corrected chi connectivity index (χ0v) is 19.4. The zero-order valence-electron chi connectivity index (χ0n) is 18.7. The molecule has 3 rings (SSSR count). The molecule has 0 aliphatic carbocycles. The van der Waals surface area contributed by atoms with E-state index in [1.54, 1.807) is 36.4 Å². The molecule has 0 heterocycles. The molecule has 0 fully saturated rings. The standard InChI is InChI=1S/C27H25ClO5/c1-17-9-11-20(12-10-17)25(29)23(18-7-5-4-6-8-18)22(19-13-15-21(28)16-14-19)24(26(30)32-2)27(31)33-3/h4-16,22-24H,1-3H3/t22-,23-/m1/s1. The van der Waals surface area contributed by atoms with Crippen molar-refractivity contribution in [3.8, 4) is 0 Å². The third kappa shape index (κ3) is 5.49. The average Bonchev–Trinajstić information content (AvgIpc) is 2.84. The Morgan fingerprint density at radius 2 is 1.27 bits per heavy atom. The Morgan fingerprint density at radius 1 is 0.727 bits per heavy atom. The number of carbonyl (C=O) groups excluding carboxylic acids is 3. The second-order valence-corrected chi connectivity index (χ2v) is 8.16. The molecule has 0 bridgehead atoms. The van der Waals surface area contributed by atoms with Crippen LogP contribution in [-0.2, 0) is 19.1 Å². The number of ether oxygens (including phenoxy) is 2. The predicted octanol–water partition coefficient (Wildman–Crippen LogP) is 5.36. The molecule has 0 saturated carbocycles. The molecule has 3 aromatic rings. The zero-order chi connectivity index (χ0) is 24.0. The van der Waals surface area contributed by atoms with Gasteiger partial charge in [-0.1, -0.05) is 83.9 Å². The first-order chi connectivity index (χ1) is 15.9. The Labute approximate surface area is 198 Å². The summed E-state index contributed by atoms with van der Waals surface area (Å²) in [5, 5.41) is 0.492. The number of aryl methyl sites for hydroxylation is 1. The molecular weight excluding hydrogens is 440 g/mol. The van der Waals surface area contributed by atoms with Gasteiger partial charge in [-0.15, -0.1) is 0 Å². The fourth-order valence-electron chi connectivity index (χ4n) is 3.99. The highest BCUT2D eigenvalue weighted by Crippen LogP contribution is 2.42. The van der Waals surface area contributed by atoms with E-state index in [0.717, 1.165) is 5.56 Å². The van der Waals surface area contributed by atoms with E-state index < -0.39 is 29.7 Å². The van der Waals surface area contributed by atoms with Crippen molar-refractivity contribution in [2.24, 2.45) is 5.92 Å². The normalized spacial score (nSPS) is 12.6. The van der Waals surface area contributed by atoms with Gasteiger partial charge in [-0.25, -0.2) is 0 Å². The molecule has 3 aromatic carbocycles. The second-order valence-electron chi connectivity index (χ2n) is 7.72. The number of carbonyl (C=O) groups is 3. The summed E-state index contributed by atoms with van der Waals surface area (Å²) in [7, 11) is 2.41. The van der Waals surface area contributed by atoms with Crippen molar-refractivity contribution in [1.82, 2.24) is 0 Å². The molecule has 0 aromatic heterocycles. The SMILES string of the molecule is COC(=O)C(C(=O)OC)[C@H](c1ccc(Cl)cc1)[C@H](C(=O)c1ccc(C)cc1)c1ccccc1. The molecule has 33 heavy (non-hydrogen) atoms. The van der Waals surface area contributed by atoms with Gasteiger partial charge in [0.2, 0.25) is 0 Å². The number of Topliss-reactive ketones (excluding diaryl/α,β-unsaturated/α-hetero) is 1. The third-order valence-corrected chi connectivity index (χ3v) is 5.91. The van der Waals surface area contributed by atoms with Crippen molar-refractivity contribution in [3.05, 3.63) is 106 Å². The van der Waals surface area contributed by atoms with E-state index in [-0.39, 0.29) is 5.78 Å². The Bertz CT molecular complexity index is 1090. The number of rotatable bonds is 8. The number of benzene rings is 3. The maximum atomic E-state index is 13.9. The van der Waals surface area contributed by atoms with Gasteiger partial charge < -0.3 is 9.47 Å². The van der Waals surface area contributed by atoms with Crippen molar-refractivity contribution >= 4 is 29.3 Å². The van der Waals surface area contributed by atoms with E-state index in [2.05, 4.69) is 0 Å². The summed E-state index contributed by atoms with van der Waals surface area (Å²) in [6.07, 6.45) is 0. The van der Waals surface area contributed by atoms with Gasteiger partial charge >= 0.3 is 11.9 Å². The topological polar surface area (TPSA) is 69.7 Å². The summed E-state index contributed by atoms with van der Waals surface area (Å²) >= 11 is 6.10. The first-order valence-electron chi connectivity index (χ1n) is 10.4. The van der Waals surface area contributed by atoms with Crippen LogP contribution in [0.2, 0.25) is 5.02 Å². The van der Waals surface area contributed by atoms with E-state index >= 15 is 0 Å². The van der Waals surface area contributed by atoms with Gasteiger partial charge in [0.05, 0.1) is 20.1 Å². The molecule has 0 saturated heterocycles. The van der Waals surface area contributed by atoms with E-state index in [9.17, 15) is 14.4 Å². The molecule has 170 valence electrons. The molecule has 5 nitrogen and oxygen atoms in total. The summed E-state index contributed by atoms with van der Waals surface area (Å²) in [6.45, 7) is 1.93. The number of esters is 2. The van der Waals surface area contributed by atoms with Crippen LogP contribution in [-0.4, -0.2) is 31.9 Å². The van der Waals surface area contributed by atoms with Crippen LogP contribution in [0.5, 0.6) is 0 Å². The van der Waals surface area contributed by atoms with Crippen molar-refractivity contribution in [1.29, 1.82) is 0 Å². The predicted molar refractivity (Wildman–Crippen MR) is 126 cm³/mol. The highest BCUT2D eigenvalue weighted by molar-refractivity contribution is 6.30. The van der Waals surface area contributed by atoms with Crippen molar-refractivity contribution < 1.29 is 23.9 Å². The van der Waals surface area contributed by atoms with Crippen LogP contribution in [0.15, 0.2) is 78.9 Å². The van der Waals surface area contributed by atoms with Crippen LogP contribution < -0.4 is 0 Å². The molecule has 0 radical (unpaired) electrons. The Kier molecular flexibility index (Phi) is 8.01. The van der Waals surface area contributed by atoms with Gasteiger partial charge in [-0.3, -0.25) is 14.4 Å². The average molecular weight is 465 g/mol. The van der Waals surface area contributed by atoms with E-state index in [4.69, 9.17) is 21.1 Å². The summed E-state index contributed by atoms with van der Waals surface area (Å²) in [4.78, 5) is 39.7. The highest BCUT2D eigenvalue weighted by Gasteiger charge is 2.45. The Hall–Kier alpha value is -3.44. The monoisotopic (exact) mass is 464 g/mol. The van der Waals surface area contributed by atoms with Crippen molar-refractivity contribution in [2.45, 2.75) is 18.8 Å². The molecular formula is C27H25ClO5. The lowest BCUT2D eigenvalue weighted by Crippen LogP contribution is -2.37. The van der Waals surface area contributed by atoms with Gasteiger partial charge in [0, 0.05) is 16.5 Å². The van der Waals surface area contributed by atoms with E-state index in [0.29, 0.717) is 21.7 Å². The third-order valence-electron chi connectivity index (χ3n) is 5.66. The molecule has 2 atom stereocenters. The lowest BCUT2D eigenvalue weighted by atomic mass is 9.70. The minimum atomic E-state index is -1.36. The number of methoxy groups -OCH3 is 2. The van der Waals surface area contributed by atoms with Crippen LogP contribution in [0.25, 0.3) is 0 Å². The lowest BCUT2D eigenvalue weighted by Gasteiger charge is -2.31. The Balaban J connectivity index is 2.27. The van der Waals surface area contributed by atoms with Gasteiger partial charge in [-0.2, -0.15) is 0 Å². The van der Waals surface area contributed by atoms with Crippen LogP contribution in [0.3, 0.4) is 0 Å². The highest BCUT2D eigenvalue weighted by atomic mass is 35.5. The fraction of sp³-hybridized carbons (Fsp3) is 0.222. The van der Waals surface area contributed by atoms with Gasteiger partial charge in [0.15, 0.2) is 11.7 Å². The number of hydrogen-bond acceptors (Lipinski definition) is 5. The minimum Gasteiger partial charge on any atom is -0.468 e. The van der Waals surface area contributed by atoms with Gasteiger partial charge in [-0.05, 0) is 30.2 Å². The first kappa shape index (κ1) is 24.2. The quantitative estimate of drug-likeness (QED) is 0.255. The van der Waals surface area contributed by atoms with Crippen LogP contribution in [0.4, 0.5) is 0 Å². The molecule has 0 spiro atoms. The molecule has 0 N–H and O–H groups in total. The fourth-order valence-corrected chi connectivity index (χ4v) is 4.11. The number of ketones is 1. The van der Waals surface area contributed by atoms with E-state index in [1.165, 1.54) is 14.2 Å². The summed E-state index contributed by atoms with van der Waals surface area (Å²) < 4.78 is 9.94. The Morgan fingerprint density at radius 3 is 1.79 bits per heavy atom. The lowest BCUT2D eigenvalue weighted by molar-refractivity contribution is -0.160. The van der Waals surface area contributed by atoms with Gasteiger partial charge in [0.1, 0.15) is 0 Å². The van der Waals surface area contributed by atoms with Crippen molar-refractivity contribution in [2.75, 3.05) is 14.2 Å². The largest absolute Gasteiger partial charge is 0.468 e. The second kappa shape index (κ2) is 10.9. The summed E-state index contributed by atoms with van der Waals surface area (Å²) in [5.74, 6) is -4.89. The van der Waals surface area contributed by atoms with Crippen molar-refractivity contribution in [3.63, 3.8) is 0 Å². The maximum absolute atomic E-state index is 13.9. The van der Waals surface area contributed by atoms with E-state index in [1.807, 2.05) is 49.4 Å². The maximum Gasteiger partial charge on any atom is 0.320 e.